The number of halogens is 1. The molecule has 9 nitrogen and oxygen atoms in total. The number of carbonyl (C=O) groups is 2. The number of hydrogen-bond acceptors (Lipinski definition) is 7. The van der Waals surface area contributed by atoms with Crippen LogP contribution < -0.4 is 5.76 Å². The molecule has 2 heterocycles. The van der Waals surface area contributed by atoms with Crippen LogP contribution in [0.4, 0.5) is 0 Å². The van der Waals surface area contributed by atoms with E-state index in [9.17, 15) is 22.8 Å². The number of aromatic nitrogens is 1. The fraction of sp³-hybridized carbons (Fsp3) is 0.500. The van der Waals surface area contributed by atoms with Crippen molar-refractivity contribution in [3.05, 3.63) is 33.8 Å². The van der Waals surface area contributed by atoms with E-state index in [1.807, 2.05) is 0 Å². The quantitative estimate of drug-likeness (QED) is 0.615. The molecule has 1 amide bonds. The Balaban J connectivity index is 1.57. The van der Waals surface area contributed by atoms with Gasteiger partial charge < -0.3 is 14.1 Å². The second kappa shape index (κ2) is 8.19. The SMILES string of the molecule is C[C@H](OC(=O)CCn1c(=O)oc2cc(Cl)ccc21)C(=O)N(C)[C@@H]1CCS(=O)(=O)C1. The van der Waals surface area contributed by atoms with Crippen molar-refractivity contribution in [1.29, 1.82) is 0 Å². The van der Waals surface area contributed by atoms with Crippen molar-refractivity contribution in [3.63, 3.8) is 0 Å². The average molecular weight is 445 g/mol. The number of ether oxygens (including phenoxy) is 1. The first kappa shape index (κ1) is 21.4. The van der Waals surface area contributed by atoms with Crippen molar-refractivity contribution in [2.45, 2.75) is 38.5 Å². The Morgan fingerprint density at radius 2 is 2.14 bits per heavy atom. The lowest BCUT2D eigenvalue weighted by molar-refractivity contribution is -0.159. The topological polar surface area (TPSA) is 116 Å². The largest absolute Gasteiger partial charge is 0.452 e. The predicted octanol–water partition coefficient (Wildman–Crippen LogP) is 1.22. The first-order valence-corrected chi connectivity index (χ1v) is 11.2. The minimum absolute atomic E-state index is 0.0178. The first-order chi connectivity index (χ1) is 13.6. The molecule has 11 heteroatoms. The number of likely N-dealkylation sites (N-methyl/N-ethyl adjacent to an activating group) is 1. The summed E-state index contributed by atoms with van der Waals surface area (Å²) >= 11 is 5.87. The minimum Gasteiger partial charge on any atom is -0.452 e. The maximum Gasteiger partial charge on any atom is 0.419 e. The standard InChI is InChI=1S/C18H21ClN2O7S/c1-11(17(23)20(2)13-6-8-29(25,26)10-13)27-16(22)5-7-21-14-4-3-12(19)9-15(14)28-18(21)24/h3-4,9,11,13H,5-8,10H2,1-2H3/t11-,13+/m0/s1. The van der Waals surface area contributed by atoms with Gasteiger partial charge in [-0.05, 0) is 25.5 Å². The van der Waals surface area contributed by atoms with Crippen LogP contribution in [0.1, 0.15) is 19.8 Å². The second-order valence-electron chi connectivity index (χ2n) is 7.02. The molecular weight excluding hydrogens is 424 g/mol. The summed E-state index contributed by atoms with van der Waals surface area (Å²) in [6.45, 7) is 1.45. The van der Waals surface area contributed by atoms with E-state index < -0.39 is 39.6 Å². The van der Waals surface area contributed by atoms with Crippen LogP contribution in [0, 0.1) is 0 Å². The summed E-state index contributed by atoms with van der Waals surface area (Å²) in [5.74, 6) is -1.80. The van der Waals surface area contributed by atoms with Crippen molar-refractivity contribution < 1.29 is 27.2 Å². The van der Waals surface area contributed by atoms with Crippen LogP contribution in [0.25, 0.3) is 11.1 Å². The van der Waals surface area contributed by atoms with E-state index >= 15 is 0 Å². The number of oxazole rings is 1. The molecule has 2 aromatic rings. The van der Waals surface area contributed by atoms with Crippen LogP contribution in [0.2, 0.25) is 5.02 Å². The Kier molecular flexibility index (Phi) is 6.04. The average Bonchev–Trinajstić information content (AvgIpc) is 3.16. The monoisotopic (exact) mass is 444 g/mol. The van der Waals surface area contributed by atoms with Gasteiger partial charge in [-0.3, -0.25) is 14.2 Å². The zero-order chi connectivity index (χ0) is 21.3. The summed E-state index contributed by atoms with van der Waals surface area (Å²) < 4.78 is 34.7. The number of fused-ring (bicyclic) bond motifs is 1. The number of rotatable bonds is 6. The van der Waals surface area contributed by atoms with Gasteiger partial charge in [-0.25, -0.2) is 13.2 Å². The van der Waals surface area contributed by atoms with Gasteiger partial charge in [-0.15, -0.1) is 0 Å². The van der Waals surface area contributed by atoms with E-state index in [4.69, 9.17) is 20.8 Å². The van der Waals surface area contributed by atoms with Gasteiger partial charge in [0.05, 0.1) is 23.4 Å². The molecule has 1 saturated heterocycles. The molecule has 29 heavy (non-hydrogen) atoms. The molecular formula is C18H21ClN2O7S. The molecule has 0 aliphatic carbocycles. The molecule has 1 aromatic carbocycles. The third kappa shape index (κ3) is 4.81. The molecule has 3 rings (SSSR count). The number of hydrogen-bond donors (Lipinski definition) is 0. The highest BCUT2D eigenvalue weighted by molar-refractivity contribution is 7.91. The summed E-state index contributed by atoms with van der Waals surface area (Å²) in [6.07, 6.45) is -0.838. The minimum atomic E-state index is -3.13. The lowest BCUT2D eigenvalue weighted by atomic mass is 10.2. The van der Waals surface area contributed by atoms with Gasteiger partial charge in [0.25, 0.3) is 5.91 Å². The Morgan fingerprint density at radius 1 is 1.41 bits per heavy atom. The van der Waals surface area contributed by atoms with Gasteiger partial charge in [-0.1, -0.05) is 11.6 Å². The van der Waals surface area contributed by atoms with E-state index in [0.29, 0.717) is 22.5 Å². The summed E-state index contributed by atoms with van der Waals surface area (Å²) in [4.78, 5) is 37.9. The van der Waals surface area contributed by atoms with E-state index in [1.54, 1.807) is 12.1 Å². The van der Waals surface area contributed by atoms with Gasteiger partial charge in [0.2, 0.25) is 0 Å². The summed E-state index contributed by atoms with van der Waals surface area (Å²) in [7, 11) is -1.63. The number of sulfone groups is 1. The molecule has 0 saturated carbocycles. The maximum absolute atomic E-state index is 12.4. The highest BCUT2D eigenvalue weighted by Gasteiger charge is 2.34. The lowest BCUT2D eigenvalue weighted by Gasteiger charge is -2.26. The number of esters is 1. The van der Waals surface area contributed by atoms with Gasteiger partial charge in [0.15, 0.2) is 21.5 Å². The van der Waals surface area contributed by atoms with Crippen molar-refractivity contribution in [3.8, 4) is 0 Å². The third-order valence-electron chi connectivity index (χ3n) is 4.93. The van der Waals surface area contributed by atoms with Crippen LogP contribution >= 0.6 is 11.6 Å². The van der Waals surface area contributed by atoms with E-state index in [1.165, 1.54) is 29.5 Å². The molecule has 1 fully saturated rings. The van der Waals surface area contributed by atoms with Crippen molar-refractivity contribution in [1.82, 2.24) is 9.47 Å². The van der Waals surface area contributed by atoms with E-state index in [0.717, 1.165) is 0 Å². The fourth-order valence-corrected chi connectivity index (χ4v) is 5.25. The van der Waals surface area contributed by atoms with Crippen LogP contribution in [-0.4, -0.2) is 60.5 Å². The molecule has 0 unspecified atom stereocenters. The van der Waals surface area contributed by atoms with Crippen LogP contribution in [-0.2, 0) is 30.7 Å². The second-order valence-corrected chi connectivity index (χ2v) is 9.68. The van der Waals surface area contributed by atoms with Gasteiger partial charge in [0, 0.05) is 30.7 Å². The van der Waals surface area contributed by atoms with E-state index in [-0.39, 0.29) is 24.5 Å². The van der Waals surface area contributed by atoms with E-state index in [2.05, 4.69) is 0 Å². The van der Waals surface area contributed by atoms with Crippen molar-refractivity contribution >= 4 is 44.4 Å². The first-order valence-electron chi connectivity index (χ1n) is 9.03. The highest BCUT2D eigenvalue weighted by Crippen LogP contribution is 2.19. The third-order valence-corrected chi connectivity index (χ3v) is 6.92. The lowest BCUT2D eigenvalue weighted by Crippen LogP contribution is -2.44. The molecule has 2 atom stereocenters. The Labute approximate surface area is 172 Å². The zero-order valence-electron chi connectivity index (χ0n) is 16.0. The van der Waals surface area contributed by atoms with Gasteiger partial charge >= 0.3 is 11.7 Å². The maximum atomic E-state index is 12.4. The normalized spacial score (nSPS) is 19.2. The molecule has 1 aliphatic rings. The Morgan fingerprint density at radius 3 is 2.79 bits per heavy atom. The van der Waals surface area contributed by atoms with Crippen LogP contribution in [0.5, 0.6) is 0 Å². The number of carbonyl (C=O) groups excluding carboxylic acids is 2. The van der Waals surface area contributed by atoms with Gasteiger partial charge in [-0.2, -0.15) is 0 Å². The smallest absolute Gasteiger partial charge is 0.419 e. The van der Waals surface area contributed by atoms with Crippen molar-refractivity contribution in [2.75, 3.05) is 18.6 Å². The summed E-state index contributed by atoms with van der Waals surface area (Å²) in [5, 5.41) is 0.421. The van der Waals surface area contributed by atoms with Crippen LogP contribution in [0.15, 0.2) is 27.4 Å². The predicted molar refractivity (Wildman–Crippen MR) is 105 cm³/mol. The number of aryl methyl sites for hydroxylation is 1. The Bertz CT molecular complexity index is 1110. The Hall–Kier alpha value is -2.33. The number of nitrogens with zero attached hydrogens (tertiary/aromatic N) is 2. The van der Waals surface area contributed by atoms with Gasteiger partial charge in [0.1, 0.15) is 0 Å². The number of amides is 1. The molecule has 0 radical (unpaired) electrons. The molecule has 1 aromatic heterocycles. The molecule has 158 valence electrons. The summed E-state index contributed by atoms with van der Waals surface area (Å²) in [6, 6.07) is 4.31. The molecule has 0 spiro atoms. The van der Waals surface area contributed by atoms with Crippen LogP contribution in [0.3, 0.4) is 0 Å². The summed E-state index contributed by atoms with van der Waals surface area (Å²) in [5.41, 5.74) is 0.811. The molecule has 0 bridgehead atoms. The molecule has 1 aliphatic heterocycles. The van der Waals surface area contributed by atoms with Crippen molar-refractivity contribution in [2.24, 2.45) is 0 Å². The fourth-order valence-electron chi connectivity index (χ4n) is 3.31. The molecule has 0 N–H and O–H groups in total. The number of benzene rings is 1. The highest BCUT2D eigenvalue weighted by atomic mass is 35.5. The zero-order valence-corrected chi connectivity index (χ0v) is 17.5.